The average Bonchev–Trinajstić information content (AvgIpc) is 2.65. The van der Waals surface area contributed by atoms with Crippen LogP contribution in [-0.4, -0.2) is 21.4 Å². The van der Waals surface area contributed by atoms with Crippen molar-refractivity contribution in [3.63, 3.8) is 0 Å². The minimum Gasteiger partial charge on any atom is -0.489 e. The summed E-state index contributed by atoms with van der Waals surface area (Å²) >= 11 is 0. The normalized spacial score (nSPS) is 11.7. The average molecular weight is 380 g/mol. The molecular formula is C19H20N6O3. The third kappa shape index (κ3) is 4.26. The third-order valence-corrected chi connectivity index (χ3v) is 4.23. The lowest BCUT2D eigenvalue weighted by Crippen LogP contribution is -2.20. The molecule has 28 heavy (non-hydrogen) atoms. The van der Waals surface area contributed by atoms with E-state index in [-0.39, 0.29) is 23.1 Å². The van der Waals surface area contributed by atoms with Crippen LogP contribution in [0.2, 0.25) is 0 Å². The predicted molar refractivity (Wildman–Crippen MR) is 106 cm³/mol. The maximum absolute atomic E-state index is 11.4. The number of nitrogen functional groups attached to an aromatic ring is 3. The van der Waals surface area contributed by atoms with Crippen molar-refractivity contribution in [3.05, 3.63) is 81.4 Å². The summed E-state index contributed by atoms with van der Waals surface area (Å²) in [7, 11) is 0. The topological polar surface area (TPSA) is 156 Å². The molecule has 3 rings (SSSR count). The number of hydrogen-bond donors (Lipinski definition) is 3. The Balaban J connectivity index is 2.01. The molecule has 1 heterocycles. The summed E-state index contributed by atoms with van der Waals surface area (Å²) in [5, 5.41) is 11.4. The van der Waals surface area contributed by atoms with Crippen molar-refractivity contribution >= 4 is 17.6 Å². The van der Waals surface area contributed by atoms with E-state index < -0.39 is 17.4 Å². The zero-order valence-electron chi connectivity index (χ0n) is 15.0. The maximum Gasteiger partial charge on any atom is 0.223 e. The van der Waals surface area contributed by atoms with Crippen molar-refractivity contribution in [1.82, 2.24) is 9.97 Å². The fraction of sp³-hybridized carbons (Fsp3) is 0.158. The number of anilines is 3. The Morgan fingerprint density at radius 3 is 2.21 bits per heavy atom. The van der Waals surface area contributed by atoms with E-state index in [1.165, 1.54) is 0 Å². The van der Waals surface area contributed by atoms with Crippen LogP contribution in [0, 0.1) is 10.1 Å². The lowest BCUT2D eigenvalue weighted by Gasteiger charge is -2.20. The van der Waals surface area contributed by atoms with Gasteiger partial charge < -0.3 is 21.9 Å². The quantitative estimate of drug-likeness (QED) is 0.416. The molecule has 1 aromatic heterocycles. The molecule has 0 fully saturated rings. The molecule has 6 N–H and O–H groups in total. The Morgan fingerprint density at radius 1 is 0.964 bits per heavy atom. The van der Waals surface area contributed by atoms with Gasteiger partial charge in [0.05, 0.1) is 11.5 Å². The number of nitrogens with two attached hydrogens (primary N) is 3. The first-order valence-corrected chi connectivity index (χ1v) is 8.51. The van der Waals surface area contributed by atoms with Gasteiger partial charge in [-0.1, -0.05) is 48.5 Å². The molecule has 0 saturated carbocycles. The standard InChI is InChI=1S/C19H20N6O3/c20-17-16(18(21)24-19(22)23-17)14(10-25(26)27)13-8-4-5-9-15(13)28-11-12-6-2-1-3-7-12/h1-9,14H,10-11H2,(H6,20,21,22,23,24). The van der Waals surface area contributed by atoms with Crippen LogP contribution < -0.4 is 21.9 Å². The van der Waals surface area contributed by atoms with Gasteiger partial charge in [0.25, 0.3) is 0 Å². The van der Waals surface area contributed by atoms with E-state index in [2.05, 4.69) is 9.97 Å². The minimum absolute atomic E-state index is 0.00899. The fourth-order valence-electron chi connectivity index (χ4n) is 3.01. The van der Waals surface area contributed by atoms with E-state index >= 15 is 0 Å². The van der Waals surface area contributed by atoms with Gasteiger partial charge in [-0.05, 0) is 11.6 Å². The van der Waals surface area contributed by atoms with Crippen LogP contribution in [-0.2, 0) is 6.61 Å². The van der Waals surface area contributed by atoms with Crippen LogP contribution in [0.3, 0.4) is 0 Å². The van der Waals surface area contributed by atoms with Gasteiger partial charge in [0.1, 0.15) is 24.0 Å². The van der Waals surface area contributed by atoms with Crippen molar-refractivity contribution < 1.29 is 9.66 Å². The third-order valence-electron chi connectivity index (χ3n) is 4.23. The van der Waals surface area contributed by atoms with Crippen molar-refractivity contribution in [2.75, 3.05) is 23.7 Å². The van der Waals surface area contributed by atoms with Crippen molar-refractivity contribution in [1.29, 1.82) is 0 Å². The molecule has 0 saturated heterocycles. The highest BCUT2D eigenvalue weighted by atomic mass is 16.6. The number of nitrogens with zero attached hydrogens (tertiary/aromatic N) is 3. The Labute approximate surface area is 161 Å². The Hall–Kier alpha value is -3.88. The van der Waals surface area contributed by atoms with Gasteiger partial charge in [0, 0.05) is 10.5 Å². The molecular weight excluding hydrogens is 360 g/mol. The van der Waals surface area contributed by atoms with E-state index in [0.29, 0.717) is 17.9 Å². The second-order valence-electron chi connectivity index (χ2n) is 6.15. The van der Waals surface area contributed by atoms with Crippen LogP contribution in [0.5, 0.6) is 5.75 Å². The first-order valence-electron chi connectivity index (χ1n) is 8.51. The van der Waals surface area contributed by atoms with Gasteiger partial charge in [-0.2, -0.15) is 9.97 Å². The molecule has 9 nitrogen and oxygen atoms in total. The van der Waals surface area contributed by atoms with Crippen molar-refractivity contribution in [2.24, 2.45) is 0 Å². The fourth-order valence-corrected chi connectivity index (χ4v) is 3.01. The largest absolute Gasteiger partial charge is 0.489 e. The molecule has 2 aromatic carbocycles. The van der Waals surface area contributed by atoms with Crippen LogP contribution in [0.25, 0.3) is 0 Å². The van der Waals surface area contributed by atoms with Gasteiger partial charge in [-0.15, -0.1) is 0 Å². The molecule has 1 unspecified atom stereocenters. The summed E-state index contributed by atoms with van der Waals surface area (Å²) in [6.07, 6.45) is 0. The Morgan fingerprint density at radius 2 is 1.57 bits per heavy atom. The summed E-state index contributed by atoms with van der Waals surface area (Å²) < 4.78 is 5.94. The zero-order valence-corrected chi connectivity index (χ0v) is 15.0. The molecule has 0 aliphatic carbocycles. The number of hydrogen-bond acceptors (Lipinski definition) is 8. The van der Waals surface area contributed by atoms with Crippen LogP contribution >= 0.6 is 0 Å². The van der Waals surface area contributed by atoms with Gasteiger partial charge >= 0.3 is 0 Å². The van der Waals surface area contributed by atoms with Gasteiger partial charge in [-0.3, -0.25) is 10.1 Å². The highest BCUT2D eigenvalue weighted by molar-refractivity contribution is 5.61. The van der Waals surface area contributed by atoms with E-state index in [9.17, 15) is 10.1 Å². The smallest absolute Gasteiger partial charge is 0.223 e. The number of para-hydroxylation sites is 1. The predicted octanol–water partition coefficient (Wildman–Crippen LogP) is 2.21. The molecule has 3 aromatic rings. The molecule has 0 bridgehead atoms. The van der Waals surface area contributed by atoms with Gasteiger partial charge in [0.2, 0.25) is 12.5 Å². The van der Waals surface area contributed by atoms with Gasteiger partial charge in [0.15, 0.2) is 0 Å². The van der Waals surface area contributed by atoms with E-state index in [1.807, 2.05) is 30.3 Å². The number of benzene rings is 2. The first kappa shape index (κ1) is 18.9. The zero-order chi connectivity index (χ0) is 20.1. The van der Waals surface area contributed by atoms with Crippen LogP contribution in [0.1, 0.15) is 22.6 Å². The lowest BCUT2D eigenvalue weighted by molar-refractivity contribution is -0.481. The summed E-state index contributed by atoms with van der Waals surface area (Å²) in [4.78, 5) is 18.7. The summed E-state index contributed by atoms with van der Waals surface area (Å²) in [6.45, 7) is -0.139. The SMILES string of the molecule is Nc1nc(N)c(C(C[N+](=O)[O-])c2ccccc2OCc2ccccc2)c(N)n1. The molecule has 0 radical (unpaired) electrons. The number of aromatic nitrogens is 2. The number of ether oxygens (including phenoxy) is 1. The second kappa shape index (κ2) is 8.21. The maximum atomic E-state index is 11.4. The lowest BCUT2D eigenvalue weighted by atomic mass is 9.91. The van der Waals surface area contributed by atoms with Crippen LogP contribution in [0.15, 0.2) is 54.6 Å². The minimum atomic E-state index is -0.789. The van der Waals surface area contributed by atoms with Crippen molar-refractivity contribution in [3.8, 4) is 5.75 Å². The first-order chi connectivity index (χ1) is 13.5. The summed E-state index contributed by atoms with van der Waals surface area (Å²) in [5.41, 5.74) is 19.3. The molecule has 0 aliphatic rings. The molecule has 0 spiro atoms. The van der Waals surface area contributed by atoms with E-state index in [4.69, 9.17) is 21.9 Å². The van der Waals surface area contributed by atoms with Gasteiger partial charge in [-0.25, -0.2) is 0 Å². The summed E-state index contributed by atoms with van der Waals surface area (Å²) in [6, 6.07) is 16.6. The molecule has 0 amide bonds. The monoisotopic (exact) mass is 380 g/mol. The molecule has 144 valence electrons. The molecule has 9 heteroatoms. The Bertz CT molecular complexity index is 957. The van der Waals surface area contributed by atoms with E-state index in [1.54, 1.807) is 24.3 Å². The van der Waals surface area contributed by atoms with Crippen LogP contribution in [0.4, 0.5) is 17.6 Å². The summed E-state index contributed by atoms with van der Waals surface area (Å²) in [5.74, 6) is -0.368. The van der Waals surface area contributed by atoms with Crippen molar-refractivity contribution in [2.45, 2.75) is 12.5 Å². The molecule has 0 aliphatic heterocycles. The highest BCUT2D eigenvalue weighted by Crippen LogP contribution is 2.37. The number of rotatable bonds is 7. The van der Waals surface area contributed by atoms with E-state index in [0.717, 1.165) is 5.56 Å². The molecule has 1 atom stereocenters. The second-order valence-corrected chi connectivity index (χ2v) is 6.15. The highest BCUT2D eigenvalue weighted by Gasteiger charge is 2.29. The number of nitro groups is 1. The Kier molecular flexibility index (Phi) is 5.54.